The largest absolute Gasteiger partial charge is 0.368 e. The van der Waals surface area contributed by atoms with Crippen molar-refractivity contribution in [3.05, 3.63) is 6.33 Å². The smallest absolute Gasteiger partial charge is 0.224 e. The van der Waals surface area contributed by atoms with Crippen molar-refractivity contribution >= 4 is 22.9 Å². The van der Waals surface area contributed by atoms with E-state index in [0.717, 1.165) is 42.9 Å². The molecule has 2 fully saturated rings. The number of ether oxygens (including phenoxy) is 1. The number of aromatic nitrogens is 4. The third-order valence-electron chi connectivity index (χ3n) is 5.01. The molecule has 0 saturated carbocycles. The van der Waals surface area contributed by atoms with Crippen LogP contribution in [0.2, 0.25) is 0 Å². The van der Waals surface area contributed by atoms with Crippen molar-refractivity contribution < 1.29 is 4.74 Å². The molecule has 0 spiro atoms. The van der Waals surface area contributed by atoms with Crippen molar-refractivity contribution in [2.24, 2.45) is 5.92 Å². The molecule has 4 heterocycles. The summed E-state index contributed by atoms with van der Waals surface area (Å²) in [4.78, 5) is 15.8. The molecule has 0 aromatic carbocycles. The van der Waals surface area contributed by atoms with Gasteiger partial charge in [-0.3, -0.25) is 4.57 Å². The van der Waals surface area contributed by atoms with Gasteiger partial charge in [-0.25, -0.2) is 4.98 Å². The molecule has 2 aliphatic heterocycles. The zero-order valence-electron chi connectivity index (χ0n) is 13.8. The second kappa shape index (κ2) is 5.63. The van der Waals surface area contributed by atoms with Crippen LogP contribution in [0.4, 0.5) is 11.8 Å². The molecule has 23 heavy (non-hydrogen) atoms. The van der Waals surface area contributed by atoms with Crippen LogP contribution in [0, 0.1) is 5.92 Å². The number of rotatable bonds is 3. The summed E-state index contributed by atoms with van der Waals surface area (Å²) in [5.74, 6) is 1.60. The lowest BCUT2D eigenvalue weighted by Crippen LogP contribution is -2.21. The Bertz CT molecular complexity index is 708. The van der Waals surface area contributed by atoms with Crippen LogP contribution in [0.25, 0.3) is 11.2 Å². The van der Waals surface area contributed by atoms with Gasteiger partial charge in [0, 0.05) is 19.0 Å². The van der Waals surface area contributed by atoms with Crippen molar-refractivity contribution in [2.45, 2.75) is 51.9 Å². The maximum Gasteiger partial charge on any atom is 0.224 e. The van der Waals surface area contributed by atoms with E-state index in [9.17, 15) is 0 Å². The van der Waals surface area contributed by atoms with Crippen LogP contribution in [0.1, 0.15) is 45.8 Å². The van der Waals surface area contributed by atoms with E-state index in [1.807, 2.05) is 10.9 Å². The molecular weight excluding hydrogens is 292 g/mol. The van der Waals surface area contributed by atoms with Gasteiger partial charge in [-0.05, 0) is 25.7 Å². The summed E-state index contributed by atoms with van der Waals surface area (Å²) < 4.78 is 8.22. The lowest BCUT2D eigenvalue weighted by molar-refractivity contribution is -0.00903. The van der Waals surface area contributed by atoms with Crippen LogP contribution in [-0.2, 0) is 4.74 Å². The molecular formula is C16H24N6O. The highest BCUT2D eigenvalue weighted by atomic mass is 16.5. The topological polar surface area (TPSA) is 82.1 Å². The van der Waals surface area contributed by atoms with E-state index in [4.69, 9.17) is 10.5 Å². The minimum absolute atomic E-state index is 0.0225. The molecule has 4 rings (SSSR count). The van der Waals surface area contributed by atoms with E-state index in [-0.39, 0.29) is 6.23 Å². The summed E-state index contributed by atoms with van der Waals surface area (Å²) >= 11 is 0. The fraction of sp³-hybridized carbons (Fsp3) is 0.688. The summed E-state index contributed by atoms with van der Waals surface area (Å²) in [5.41, 5.74) is 7.59. The predicted molar refractivity (Wildman–Crippen MR) is 89.2 cm³/mol. The fourth-order valence-electron chi connectivity index (χ4n) is 3.77. The average Bonchev–Trinajstić information content (AvgIpc) is 3.25. The summed E-state index contributed by atoms with van der Waals surface area (Å²) in [6.07, 6.45) is 6.59. The van der Waals surface area contributed by atoms with Gasteiger partial charge in [0.15, 0.2) is 17.0 Å². The molecule has 0 bridgehead atoms. The van der Waals surface area contributed by atoms with Crippen molar-refractivity contribution in [1.82, 2.24) is 19.5 Å². The highest BCUT2D eigenvalue weighted by molar-refractivity contribution is 5.85. The minimum atomic E-state index is -0.0225. The van der Waals surface area contributed by atoms with Gasteiger partial charge in [0.05, 0.1) is 12.4 Å². The lowest BCUT2D eigenvalue weighted by atomic mass is 10.0. The first kappa shape index (κ1) is 14.7. The van der Waals surface area contributed by atoms with Gasteiger partial charge < -0.3 is 15.4 Å². The molecule has 124 valence electrons. The molecule has 2 aliphatic rings. The number of anilines is 2. The van der Waals surface area contributed by atoms with Crippen molar-refractivity contribution in [3.63, 3.8) is 0 Å². The second-order valence-corrected chi connectivity index (χ2v) is 6.69. The SMILES string of the molecule is CC[C@@H]1C[C@H](C)[C@H](n2cnc3c(N4CCCC4)nc(N)nc32)O1. The third-order valence-corrected chi connectivity index (χ3v) is 5.01. The first-order chi connectivity index (χ1) is 11.2. The number of hydrogen-bond acceptors (Lipinski definition) is 6. The van der Waals surface area contributed by atoms with Crippen LogP contribution in [0.15, 0.2) is 6.33 Å². The molecule has 7 nitrogen and oxygen atoms in total. The zero-order chi connectivity index (χ0) is 16.0. The summed E-state index contributed by atoms with van der Waals surface area (Å²) in [7, 11) is 0. The Morgan fingerprint density at radius 2 is 2.09 bits per heavy atom. The molecule has 2 aromatic heterocycles. The minimum Gasteiger partial charge on any atom is -0.368 e. The monoisotopic (exact) mass is 316 g/mol. The maximum absolute atomic E-state index is 6.19. The standard InChI is InChI=1S/C16H24N6O/c1-3-11-8-10(2)15(23-11)22-9-18-12-13(21-6-4-5-7-21)19-16(17)20-14(12)22/h9-11,15H,3-8H2,1-2H3,(H2,17,19,20)/t10-,11+,15+/m0/s1. The third kappa shape index (κ3) is 2.43. The Hall–Kier alpha value is -1.89. The van der Waals surface area contributed by atoms with Crippen LogP contribution < -0.4 is 10.6 Å². The van der Waals surface area contributed by atoms with E-state index in [0.29, 0.717) is 18.0 Å². The number of nitrogen functional groups attached to an aromatic ring is 1. The molecule has 3 atom stereocenters. The van der Waals surface area contributed by atoms with Crippen molar-refractivity contribution in [3.8, 4) is 0 Å². The number of imidazole rings is 1. The molecule has 2 N–H and O–H groups in total. The molecule has 0 amide bonds. The Labute approximate surface area is 135 Å². The predicted octanol–water partition coefficient (Wildman–Crippen LogP) is 2.34. The molecule has 2 saturated heterocycles. The second-order valence-electron chi connectivity index (χ2n) is 6.69. The van der Waals surface area contributed by atoms with Gasteiger partial charge in [0.2, 0.25) is 5.95 Å². The normalized spacial score (nSPS) is 28.1. The molecule has 7 heteroatoms. The van der Waals surface area contributed by atoms with Crippen LogP contribution in [-0.4, -0.2) is 38.7 Å². The van der Waals surface area contributed by atoms with Gasteiger partial charge in [0.1, 0.15) is 6.23 Å². The first-order valence-corrected chi connectivity index (χ1v) is 8.57. The number of nitrogens with zero attached hydrogens (tertiary/aromatic N) is 5. The number of nitrogens with two attached hydrogens (primary N) is 1. The van der Waals surface area contributed by atoms with Gasteiger partial charge in [0.25, 0.3) is 0 Å². The fourth-order valence-corrected chi connectivity index (χ4v) is 3.77. The van der Waals surface area contributed by atoms with Crippen LogP contribution >= 0.6 is 0 Å². The van der Waals surface area contributed by atoms with Gasteiger partial charge in [-0.15, -0.1) is 0 Å². The molecule has 0 aliphatic carbocycles. The Kier molecular flexibility index (Phi) is 3.60. The quantitative estimate of drug-likeness (QED) is 0.936. The van der Waals surface area contributed by atoms with E-state index in [1.165, 1.54) is 12.8 Å². The zero-order valence-corrected chi connectivity index (χ0v) is 13.8. The first-order valence-electron chi connectivity index (χ1n) is 8.57. The van der Waals surface area contributed by atoms with Gasteiger partial charge in [-0.2, -0.15) is 9.97 Å². The van der Waals surface area contributed by atoms with Crippen LogP contribution in [0.5, 0.6) is 0 Å². The average molecular weight is 316 g/mol. The Balaban J connectivity index is 1.77. The Morgan fingerprint density at radius 3 is 2.78 bits per heavy atom. The van der Waals surface area contributed by atoms with E-state index < -0.39 is 0 Å². The maximum atomic E-state index is 6.19. The summed E-state index contributed by atoms with van der Waals surface area (Å²) in [5, 5.41) is 0. The molecule has 2 aromatic rings. The lowest BCUT2D eigenvalue weighted by Gasteiger charge is -2.19. The van der Waals surface area contributed by atoms with E-state index >= 15 is 0 Å². The van der Waals surface area contributed by atoms with E-state index in [2.05, 4.69) is 33.7 Å². The highest BCUT2D eigenvalue weighted by Gasteiger charge is 2.34. The number of hydrogen-bond donors (Lipinski definition) is 1. The van der Waals surface area contributed by atoms with E-state index in [1.54, 1.807) is 0 Å². The van der Waals surface area contributed by atoms with Gasteiger partial charge in [-0.1, -0.05) is 13.8 Å². The van der Waals surface area contributed by atoms with Crippen LogP contribution in [0.3, 0.4) is 0 Å². The van der Waals surface area contributed by atoms with Crippen molar-refractivity contribution in [2.75, 3.05) is 23.7 Å². The summed E-state index contributed by atoms with van der Waals surface area (Å²) in [6, 6.07) is 0. The van der Waals surface area contributed by atoms with Crippen molar-refractivity contribution in [1.29, 1.82) is 0 Å². The molecule has 0 unspecified atom stereocenters. The Morgan fingerprint density at radius 1 is 1.30 bits per heavy atom. The number of fused-ring (bicyclic) bond motifs is 1. The highest BCUT2D eigenvalue weighted by Crippen LogP contribution is 2.37. The summed E-state index contributed by atoms with van der Waals surface area (Å²) in [6.45, 7) is 6.40. The molecule has 0 radical (unpaired) electrons. The van der Waals surface area contributed by atoms with Gasteiger partial charge >= 0.3 is 0 Å².